The number of hydrogen-bond acceptors (Lipinski definition) is 14. The molecule has 1 aliphatic heterocycles. The van der Waals surface area contributed by atoms with E-state index >= 15 is 0 Å². The Bertz CT molecular complexity index is 1830. The smallest absolute Gasteiger partial charge is 0.295 e. The molecule has 16 nitrogen and oxygen atoms in total. The molecule has 9 N–H and O–H groups in total. The monoisotopic (exact) mass is 642 g/mol. The molecule has 216 valence electrons. The van der Waals surface area contributed by atoms with Crippen LogP contribution in [-0.4, -0.2) is 57.9 Å². The van der Waals surface area contributed by atoms with E-state index in [2.05, 4.69) is 40.9 Å². The summed E-state index contributed by atoms with van der Waals surface area (Å²) in [6.45, 7) is 1.48. The Labute approximate surface area is 243 Å². The first-order chi connectivity index (χ1) is 19.0. The molecule has 2 heterocycles. The number of nitrogen functional groups attached to an aromatic ring is 1. The van der Waals surface area contributed by atoms with Crippen molar-refractivity contribution in [2.24, 2.45) is 15.7 Å². The highest BCUT2D eigenvalue weighted by Gasteiger charge is 2.25. The van der Waals surface area contributed by atoms with Gasteiger partial charge in [-0.05, 0) is 53.9 Å². The van der Waals surface area contributed by atoms with Crippen molar-refractivity contribution in [1.82, 2.24) is 20.3 Å². The number of halogens is 2. The van der Waals surface area contributed by atoms with Crippen molar-refractivity contribution in [3.63, 3.8) is 0 Å². The summed E-state index contributed by atoms with van der Waals surface area (Å²) < 4.78 is 68.3. The zero-order chi connectivity index (χ0) is 30.2. The maximum absolute atomic E-state index is 12.2. The highest BCUT2D eigenvalue weighted by Crippen LogP contribution is 2.28. The van der Waals surface area contributed by atoms with E-state index in [1.165, 1.54) is 43.3 Å². The van der Waals surface area contributed by atoms with Gasteiger partial charge in [0.15, 0.2) is 5.96 Å². The molecule has 0 fully saturated rings. The van der Waals surface area contributed by atoms with Gasteiger partial charge in [0.05, 0.1) is 0 Å². The summed E-state index contributed by atoms with van der Waals surface area (Å²) in [5.74, 6) is -0.241. The van der Waals surface area contributed by atoms with E-state index in [9.17, 15) is 25.9 Å². The summed E-state index contributed by atoms with van der Waals surface area (Å²) in [5.41, 5.74) is 11.5. The normalized spacial score (nSPS) is 17.5. The zero-order valence-corrected chi connectivity index (χ0v) is 23.8. The molecule has 0 saturated heterocycles. The van der Waals surface area contributed by atoms with Gasteiger partial charge in [0.1, 0.15) is 9.79 Å². The lowest BCUT2D eigenvalue weighted by Gasteiger charge is -2.22. The predicted molar refractivity (Wildman–Crippen MR) is 154 cm³/mol. The largest absolute Gasteiger partial charge is 0.370 e. The first kappa shape index (κ1) is 29.9. The summed E-state index contributed by atoms with van der Waals surface area (Å²) in [6.07, 6.45) is 2.46. The molecule has 0 bridgehead atoms. The van der Waals surface area contributed by atoms with Crippen LogP contribution in [0.2, 0.25) is 5.28 Å². The van der Waals surface area contributed by atoms with Crippen LogP contribution < -0.4 is 27.4 Å². The van der Waals surface area contributed by atoms with Crippen LogP contribution >= 0.6 is 23.2 Å². The standard InChI is InChI=1S/C21H20Cl2N10O6S2/c1-21(23)32-18(25)31-20(33-21)27-13-7-5-11(15(9-13)41(37,38)39)3-2-10-4-6-12(8-14(10)40(34,35)36)26-19-29-16(22)28-17(24)30-19/h2-9H,1H3,(H,34,35,36)(H,37,38,39)(H3,24,26,28,29,30)(H4,25,27,31,32,33)/b3-2+. The van der Waals surface area contributed by atoms with Crippen LogP contribution in [-0.2, 0) is 20.2 Å². The number of hydrogen-bond donors (Lipinski definition) is 7. The lowest BCUT2D eigenvalue weighted by Crippen LogP contribution is -2.46. The molecule has 20 heteroatoms. The summed E-state index contributed by atoms with van der Waals surface area (Å²) >= 11 is 11.8. The third kappa shape index (κ3) is 7.78. The minimum atomic E-state index is -4.77. The van der Waals surface area contributed by atoms with Crippen molar-refractivity contribution in [2.45, 2.75) is 21.8 Å². The Morgan fingerprint density at radius 3 is 1.90 bits per heavy atom. The minimum Gasteiger partial charge on any atom is -0.370 e. The number of aromatic nitrogens is 3. The van der Waals surface area contributed by atoms with E-state index in [-0.39, 0.29) is 51.6 Å². The fourth-order valence-corrected chi connectivity index (χ4v) is 5.26. The quantitative estimate of drug-likeness (QED) is 0.0842. The van der Waals surface area contributed by atoms with Crippen LogP contribution in [0, 0.1) is 0 Å². The fraction of sp³-hybridized carbons (Fsp3) is 0.0952. The van der Waals surface area contributed by atoms with Crippen molar-refractivity contribution in [3.05, 3.63) is 52.8 Å². The fourth-order valence-electron chi connectivity index (χ4n) is 3.50. The van der Waals surface area contributed by atoms with Gasteiger partial charge in [-0.2, -0.15) is 31.8 Å². The van der Waals surface area contributed by atoms with Gasteiger partial charge in [-0.3, -0.25) is 14.4 Å². The maximum atomic E-state index is 12.2. The Morgan fingerprint density at radius 2 is 1.41 bits per heavy atom. The molecule has 1 atom stereocenters. The van der Waals surface area contributed by atoms with Crippen molar-refractivity contribution >= 4 is 90.8 Å². The lowest BCUT2D eigenvalue weighted by atomic mass is 10.1. The highest BCUT2D eigenvalue weighted by molar-refractivity contribution is 7.86. The van der Waals surface area contributed by atoms with Crippen LogP contribution in [0.15, 0.2) is 56.2 Å². The number of aliphatic imine (C=N–C) groups is 2. The topological polar surface area (TPSA) is 260 Å². The number of anilines is 4. The molecular formula is C21H20Cl2N10O6S2. The number of nitrogens with two attached hydrogens (primary N) is 2. The van der Waals surface area contributed by atoms with E-state index in [0.29, 0.717) is 0 Å². The second-order valence-electron chi connectivity index (χ2n) is 8.31. The van der Waals surface area contributed by atoms with Crippen LogP contribution in [0.3, 0.4) is 0 Å². The summed E-state index contributed by atoms with van der Waals surface area (Å²) in [6, 6.07) is 7.72. The summed E-state index contributed by atoms with van der Waals surface area (Å²) in [4.78, 5) is 18.2. The molecule has 1 unspecified atom stereocenters. The van der Waals surface area contributed by atoms with E-state index in [1.54, 1.807) is 0 Å². The summed E-state index contributed by atoms with van der Waals surface area (Å²) in [5, 5.41) is 6.51. The molecule has 3 aromatic rings. The first-order valence-corrected chi connectivity index (χ1v) is 14.7. The average Bonchev–Trinajstić information content (AvgIpc) is 2.80. The van der Waals surface area contributed by atoms with Gasteiger partial charge in [0.25, 0.3) is 20.2 Å². The molecule has 0 aliphatic carbocycles. The van der Waals surface area contributed by atoms with Gasteiger partial charge >= 0.3 is 0 Å². The van der Waals surface area contributed by atoms with E-state index in [1.807, 2.05) is 0 Å². The average molecular weight is 643 g/mol. The van der Waals surface area contributed by atoms with Crippen molar-refractivity contribution in [2.75, 3.05) is 16.4 Å². The molecule has 0 spiro atoms. The Morgan fingerprint density at radius 1 is 0.878 bits per heavy atom. The van der Waals surface area contributed by atoms with Crippen molar-refractivity contribution in [3.8, 4) is 0 Å². The molecule has 1 aromatic heterocycles. The predicted octanol–water partition coefficient (Wildman–Crippen LogP) is 2.11. The van der Waals surface area contributed by atoms with Gasteiger partial charge < -0.3 is 22.1 Å². The second-order valence-corrected chi connectivity index (χ2v) is 12.1. The highest BCUT2D eigenvalue weighted by atomic mass is 35.5. The van der Waals surface area contributed by atoms with E-state index in [0.717, 1.165) is 12.1 Å². The van der Waals surface area contributed by atoms with Crippen LogP contribution in [0.25, 0.3) is 12.2 Å². The third-order valence-corrected chi connectivity index (χ3v) is 7.21. The number of guanidine groups is 2. The number of rotatable bonds is 7. The second kappa shape index (κ2) is 11.1. The molecule has 2 aromatic carbocycles. The van der Waals surface area contributed by atoms with Gasteiger partial charge in [-0.1, -0.05) is 35.9 Å². The lowest BCUT2D eigenvalue weighted by molar-refractivity contribution is 0.480. The number of benzene rings is 2. The first-order valence-electron chi connectivity index (χ1n) is 11.0. The van der Waals surface area contributed by atoms with E-state index in [4.69, 9.17) is 34.7 Å². The molecule has 0 amide bonds. The molecule has 0 saturated carbocycles. The van der Waals surface area contributed by atoms with Crippen LogP contribution in [0.1, 0.15) is 18.1 Å². The molecule has 41 heavy (non-hydrogen) atoms. The number of nitrogens with zero attached hydrogens (tertiary/aromatic N) is 5. The van der Waals surface area contributed by atoms with Crippen molar-refractivity contribution in [1.29, 1.82) is 0 Å². The SMILES string of the molecule is CC1(Cl)N=C(N)NC(Nc2ccc(/C=C/c3ccc(Nc4nc(N)nc(Cl)n4)cc3S(=O)(=O)O)c(S(=O)(=O)O)c2)=N1. The van der Waals surface area contributed by atoms with Gasteiger partial charge in [0.2, 0.25) is 28.3 Å². The van der Waals surface area contributed by atoms with Crippen molar-refractivity contribution < 1.29 is 25.9 Å². The zero-order valence-electron chi connectivity index (χ0n) is 20.6. The molecule has 1 aliphatic rings. The summed E-state index contributed by atoms with van der Waals surface area (Å²) in [7, 11) is -9.53. The van der Waals surface area contributed by atoms with Crippen LogP contribution in [0.4, 0.5) is 23.3 Å². The Kier molecular flexibility index (Phi) is 8.07. The number of alkyl halides is 1. The number of nitrogens with one attached hydrogen (secondary N) is 3. The van der Waals surface area contributed by atoms with E-state index < -0.39 is 35.1 Å². The van der Waals surface area contributed by atoms with Gasteiger partial charge in [0, 0.05) is 11.4 Å². The Hall–Kier alpha value is -4.07. The van der Waals surface area contributed by atoms with Crippen LogP contribution in [0.5, 0.6) is 0 Å². The Balaban J connectivity index is 1.67. The molecular weight excluding hydrogens is 623 g/mol. The van der Waals surface area contributed by atoms with Gasteiger partial charge in [-0.25, -0.2) is 9.98 Å². The molecule has 0 radical (unpaired) electrons. The molecule has 4 rings (SSSR count). The maximum Gasteiger partial charge on any atom is 0.295 e. The third-order valence-electron chi connectivity index (χ3n) is 5.06. The van der Waals surface area contributed by atoms with Gasteiger partial charge in [-0.15, -0.1) is 0 Å². The minimum absolute atomic E-state index is 0.0151.